The summed E-state index contributed by atoms with van der Waals surface area (Å²) >= 11 is 0. The van der Waals surface area contributed by atoms with Crippen molar-refractivity contribution in [3.05, 3.63) is 59.7 Å². The molecule has 0 heterocycles. The van der Waals surface area contributed by atoms with E-state index < -0.39 is 16.0 Å². The number of carboxylic acid groups (broad SMARTS) is 1. The third-order valence-corrected chi connectivity index (χ3v) is 5.19. The van der Waals surface area contributed by atoms with Crippen LogP contribution in [0, 0.1) is 0 Å². The van der Waals surface area contributed by atoms with Crippen LogP contribution in [0.15, 0.2) is 53.4 Å². The molecule has 0 saturated carbocycles. The molecule has 0 saturated heterocycles. The van der Waals surface area contributed by atoms with E-state index in [0.717, 1.165) is 0 Å². The van der Waals surface area contributed by atoms with Gasteiger partial charge in [0.2, 0.25) is 10.0 Å². The second kappa shape index (κ2) is 6.80. The summed E-state index contributed by atoms with van der Waals surface area (Å²) in [6, 6.07) is 12.2. The molecule has 0 atom stereocenters. The molecule has 7 heteroatoms. The van der Waals surface area contributed by atoms with Crippen LogP contribution in [-0.2, 0) is 16.6 Å². The standard InChI is InChI=1S/C16H17NO5S/c1-17(11-12-3-5-13(6-4-12)16(18)19)23(20,21)15-9-7-14(22-2)8-10-15/h3-10H,11H2,1-2H3,(H,18,19). The number of carbonyl (C=O) groups is 1. The van der Waals surface area contributed by atoms with E-state index in [9.17, 15) is 13.2 Å². The van der Waals surface area contributed by atoms with Gasteiger partial charge in [-0.3, -0.25) is 0 Å². The van der Waals surface area contributed by atoms with E-state index in [4.69, 9.17) is 9.84 Å². The molecule has 0 fully saturated rings. The van der Waals surface area contributed by atoms with Crippen LogP contribution in [0.3, 0.4) is 0 Å². The van der Waals surface area contributed by atoms with Crippen molar-refractivity contribution in [3.63, 3.8) is 0 Å². The number of rotatable bonds is 6. The predicted molar refractivity (Wildman–Crippen MR) is 85.0 cm³/mol. The number of hydrogen-bond acceptors (Lipinski definition) is 4. The molecule has 2 rings (SSSR count). The molecule has 0 amide bonds. The minimum atomic E-state index is -3.63. The van der Waals surface area contributed by atoms with Crippen molar-refractivity contribution in [2.24, 2.45) is 0 Å². The minimum Gasteiger partial charge on any atom is -0.497 e. The van der Waals surface area contributed by atoms with Gasteiger partial charge in [-0.15, -0.1) is 0 Å². The average molecular weight is 335 g/mol. The Morgan fingerprint density at radius 2 is 1.65 bits per heavy atom. The molecule has 0 aliphatic heterocycles. The number of methoxy groups -OCH3 is 1. The fourth-order valence-electron chi connectivity index (χ4n) is 2.02. The highest BCUT2D eigenvalue weighted by atomic mass is 32.2. The zero-order valence-corrected chi connectivity index (χ0v) is 13.6. The van der Waals surface area contributed by atoms with Crippen molar-refractivity contribution in [1.29, 1.82) is 0 Å². The maximum Gasteiger partial charge on any atom is 0.335 e. The Hall–Kier alpha value is -2.38. The lowest BCUT2D eigenvalue weighted by Gasteiger charge is -2.17. The maximum atomic E-state index is 12.5. The Labute approximate surface area is 135 Å². The molecule has 23 heavy (non-hydrogen) atoms. The van der Waals surface area contributed by atoms with Crippen LogP contribution in [0.1, 0.15) is 15.9 Å². The summed E-state index contributed by atoms with van der Waals surface area (Å²) < 4.78 is 31.2. The van der Waals surface area contributed by atoms with E-state index in [-0.39, 0.29) is 17.0 Å². The number of sulfonamides is 1. The molecule has 0 bridgehead atoms. The van der Waals surface area contributed by atoms with Gasteiger partial charge in [0.05, 0.1) is 17.6 Å². The molecule has 2 aromatic rings. The zero-order valence-electron chi connectivity index (χ0n) is 12.8. The maximum absolute atomic E-state index is 12.5. The number of nitrogens with zero attached hydrogens (tertiary/aromatic N) is 1. The van der Waals surface area contributed by atoms with E-state index in [1.165, 1.54) is 42.7 Å². The fourth-order valence-corrected chi connectivity index (χ4v) is 3.18. The van der Waals surface area contributed by atoms with Crippen molar-refractivity contribution in [1.82, 2.24) is 4.31 Å². The van der Waals surface area contributed by atoms with Gasteiger partial charge in [-0.1, -0.05) is 12.1 Å². The van der Waals surface area contributed by atoms with Gasteiger partial charge in [0.1, 0.15) is 5.75 Å². The smallest absolute Gasteiger partial charge is 0.335 e. The predicted octanol–water partition coefficient (Wildman–Crippen LogP) is 2.21. The van der Waals surface area contributed by atoms with Gasteiger partial charge < -0.3 is 9.84 Å². The first kappa shape index (κ1) is 17.0. The third-order valence-electron chi connectivity index (χ3n) is 3.37. The third kappa shape index (κ3) is 3.88. The first-order valence-electron chi connectivity index (χ1n) is 6.77. The zero-order chi connectivity index (χ0) is 17.0. The SMILES string of the molecule is COc1ccc(S(=O)(=O)N(C)Cc2ccc(C(=O)O)cc2)cc1. The molecule has 0 aromatic heterocycles. The molecule has 0 aliphatic carbocycles. The molecular weight excluding hydrogens is 318 g/mol. The Morgan fingerprint density at radius 1 is 1.09 bits per heavy atom. The number of benzene rings is 2. The van der Waals surface area contributed by atoms with Crippen LogP contribution in [0.2, 0.25) is 0 Å². The first-order valence-corrected chi connectivity index (χ1v) is 8.21. The van der Waals surface area contributed by atoms with Gasteiger partial charge in [0.15, 0.2) is 0 Å². The molecule has 122 valence electrons. The summed E-state index contributed by atoms with van der Waals surface area (Å²) in [5.41, 5.74) is 0.865. The quantitative estimate of drug-likeness (QED) is 0.875. The van der Waals surface area contributed by atoms with Gasteiger partial charge in [0.25, 0.3) is 0 Å². The Balaban J connectivity index is 2.17. The topological polar surface area (TPSA) is 83.9 Å². The summed E-state index contributed by atoms with van der Waals surface area (Å²) in [5, 5.41) is 8.86. The molecule has 6 nitrogen and oxygen atoms in total. The summed E-state index contributed by atoms with van der Waals surface area (Å²) in [6.07, 6.45) is 0. The van der Waals surface area contributed by atoms with Gasteiger partial charge >= 0.3 is 5.97 Å². The van der Waals surface area contributed by atoms with Crippen LogP contribution < -0.4 is 4.74 Å². The number of carboxylic acids is 1. The summed E-state index contributed by atoms with van der Waals surface area (Å²) in [7, 11) is -0.640. The van der Waals surface area contributed by atoms with Crippen LogP contribution in [-0.4, -0.2) is 38.0 Å². The van der Waals surface area contributed by atoms with E-state index in [2.05, 4.69) is 0 Å². The monoisotopic (exact) mass is 335 g/mol. The van der Waals surface area contributed by atoms with Crippen LogP contribution in [0.4, 0.5) is 0 Å². The number of hydrogen-bond donors (Lipinski definition) is 1. The Morgan fingerprint density at radius 3 is 2.13 bits per heavy atom. The summed E-state index contributed by atoms with van der Waals surface area (Å²) in [6.45, 7) is 0.147. The lowest BCUT2D eigenvalue weighted by atomic mass is 10.1. The van der Waals surface area contributed by atoms with E-state index in [1.807, 2.05) is 0 Å². The van der Waals surface area contributed by atoms with Gasteiger partial charge in [-0.2, -0.15) is 4.31 Å². The number of ether oxygens (including phenoxy) is 1. The number of aromatic carboxylic acids is 1. The molecule has 1 N–H and O–H groups in total. The molecule has 0 aliphatic rings. The van der Waals surface area contributed by atoms with Crippen molar-refractivity contribution in [2.75, 3.05) is 14.2 Å². The van der Waals surface area contributed by atoms with E-state index in [1.54, 1.807) is 24.3 Å². The molecule has 0 unspecified atom stereocenters. The largest absolute Gasteiger partial charge is 0.497 e. The lowest BCUT2D eigenvalue weighted by Crippen LogP contribution is -2.26. The van der Waals surface area contributed by atoms with Gasteiger partial charge in [-0.05, 0) is 42.0 Å². The normalized spacial score (nSPS) is 11.4. The highest BCUT2D eigenvalue weighted by Crippen LogP contribution is 2.20. The lowest BCUT2D eigenvalue weighted by molar-refractivity contribution is 0.0697. The molecule has 2 aromatic carbocycles. The second-order valence-corrected chi connectivity index (χ2v) is 6.98. The Bertz CT molecular complexity index is 782. The highest BCUT2D eigenvalue weighted by molar-refractivity contribution is 7.89. The average Bonchev–Trinajstić information content (AvgIpc) is 2.55. The van der Waals surface area contributed by atoms with Crippen molar-refractivity contribution in [3.8, 4) is 5.75 Å². The van der Waals surface area contributed by atoms with Crippen LogP contribution in [0.5, 0.6) is 5.75 Å². The minimum absolute atomic E-state index is 0.147. The fraction of sp³-hybridized carbons (Fsp3) is 0.188. The molecular formula is C16H17NO5S. The van der Waals surface area contributed by atoms with Gasteiger partial charge in [-0.25, -0.2) is 13.2 Å². The van der Waals surface area contributed by atoms with E-state index in [0.29, 0.717) is 11.3 Å². The van der Waals surface area contributed by atoms with Gasteiger partial charge in [0, 0.05) is 13.6 Å². The second-order valence-electron chi connectivity index (χ2n) is 4.94. The van der Waals surface area contributed by atoms with Crippen molar-refractivity contribution in [2.45, 2.75) is 11.4 Å². The van der Waals surface area contributed by atoms with Crippen molar-refractivity contribution < 1.29 is 23.1 Å². The summed E-state index contributed by atoms with van der Waals surface area (Å²) in [4.78, 5) is 11.0. The van der Waals surface area contributed by atoms with Crippen LogP contribution >= 0.6 is 0 Å². The van der Waals surface area contributed by atoms with E-state index >= 15 is 0 Å². The first-order chi connectivity index (χ1) is 10.8. The molecule has 0 spiro atoms. The van der Waals surface area contributed by atoms with Crippen molar-refractivity contribution >= 4 is 16.0 Å². The van der Waals surface area contributed by atoms with Crippen LogP contribution in [0.25, 0.3) is 0 Å². The molecule has 0 radical (unpaired) electrons. The highest BCUT2D eigenvalue weighted by Gasteiger charge is 2.21. The summed E-state index contributed by atoms with van der Waals surface area (Å²) in [5.74, 6) is -0.438. The Kier molecular flexibility index (Phi) is 5.02.